The maximum Gasteiger partial charge on any atom is 0.304 e. The molecule has 6 nitrogen and oxygen atoms in total. The van der Waals surface area contributed by atoms with Crippen LogP contribution in [0, 0.1) is 18.6 Å². The number of aromatic nitrogens is 1. The molecule has 0 saturated heterocycles. The zero-order valence-electron chi connectivity index (χ0n) is 19.7. The van der Waals surface area contributed by atoms with Gasteiger partial charge in [-0.15, -0.1) is 0 Å². The monoisotopic (exact) mass is 489 g/mol. The molecular formula is C26H30F3N3O3. The van der Waals surface area contributed by atoms with Gasteiger partial charge in [-0.3, -0.25) is 14.1 Å². The van der Waals surface area contributed by atoms with Crippen LogP contribution in [-0.2, 0) is 11.2 Å². The molecule has 188 valence electrons. The number of fused-ring (bicyclic) bond motifs is 3. The molecule has 2 aromatic carbocycles. The summed E-state index contributed by atoms with van der Waals surface area (Å²) < 4.78 is 47.5. The van der Waals surface area contributed by atoms with Crippen molar-refractivity contribution >= 4 is 16.9 Å². The molecule has 2 heterocycles. The van der Waals surface area contributed by atoms with Crippen LogP contribution >= 0.6 is 0 Å². The van der Waals surface area contributed by atoms with Crippen molar-refractivity contribution in [3.8, 4) is 5.75 Å². The molecule has 0 bridgehead atoms. The zero-order valence-corrected chi connectivity index (χ0v) is 19.7. The summed E-state index contributed by atoms with van der Waals surface area (Å²) in [4.78, 5) is 16.6. The van der Waals surface area contributed by atoms with Crippen LogP contribution in [0.25, 0.3) is 10.9 Å². The highest BCUT2D eigenvalue weighted by molar-refractivity contribution is 5.85. The molecule has 1 aromatic heterocycles. The first-order valence-electron chi connectivity index (χ1n) is 11.8. The lowest BCUT2D eigenvalue weighted by Crippen LogP contribution is -2.38. The number of carboxylic acid groups (broad SMARTS) is 1. The third-order valence-electron chi connectivity index (χ3n) is 6.51. The highest BCUT2D eigenvalue weighted by atomic mass is 19.1. The molecule has 0 fully saturated rings. The van der Waals surface area contributed by atoms with Gasteiger partial charge in [0, 0.05) is 41.8 Å². The molecular weight excluding hydrogens is 459 g/mol. The molecule has 1 atom stereocenters. The van der Waals surface area contributed by atoms with Gasteiger partial charge in [-0.1, -0.05) is 0 Å². The number of rotatable bonds is 11. The fourth-order valence-electron chi connectivity index (χ4n) is 4.84. The maximum absolute atomic E-state index is 15.4. The van der Waals surface area contributed by atoms with E-state index in [1.54, 1.807) is 19.1 Å². The summed E-state index contributed by atoms with van der Waals surface area (Å²) in [5.74, 6) is -1.16. The molecule has 1 aliphatic heterocycles. The lowest BCUT2D eigenvalue weighted by Gasteiger charge is -2.37. The fourth-order valence-corrected chi connectivity index (χ4v) is 4.84. The van der Waals surface area contributed by atoms with Crippen molar-refractivity contribution in [2.75, 3.05) is 39.5 Å². The Balaban J connectivity index is 1.70. The maximum atomic E-state index is 15.4. The van der Waals surface area contributed by atoms with Gasteiger partial charge in [0.1, 0.15) is 24.0 Å². The molecule has 3 aromatic rings. The summed E-state index contributed by atoms with van der Waals surface area (Å²) in [7, 11) is 0. The normalized spacial score (nSPS) is 15.9. The number of carbonyl (C=O) groups is 1. The van der Waals surface area contributed by atoms with E-state index in [-0.39, 0.29) is 25.5 Å². The predicted molar refractivity (Wildman–Crippen MR) is 128 cm³/mol. The number of nitrogens with one attached hydrogen (secondary N) is 2. The van der Waals surface area contributed by atoms with E-state index < -0.39 is 17.8 Å². The molecule has 0 aliphatic carbocycles. The number of alkyl halides is 1. The molecule has 3 N–H and O–H groups in total. The van der Waals surface area contributed by atoms with Crippen LogP contribution in [0.1, 0.15) is 41.3 Å². The van der Waals surface area contributed by atoms with Gasteiger partial charge in [0.25, 0.3) is 0 Å². The second kappa shape index (κ2) is 11.1. The smallest absolute Gasteiger partial charge is 0.304 e. The molecule has 0 saturated carbocycles. The number of carboxylic acids is 1. The number of nitrogens with zero attached hydrogens (tertiary/aromatic N) is 1. The van der Waals surface area contributed by atoms with Gasteiger partial charge < -0.3 is 20.1 Å². The summed E-state index contributed by atoms with van der Waals surface area (Å²) in [5.41, 5.74) is 3.45. The Labute approximate surface area is 202 Å². The van der Waals surface area contributed by atoms with E-state index in [4.69, 9.17) is 4.74 Å². The van der Waals surface area contributed by atoms with Gasteiger partial charge in [0.15, 0.2) is 0 Å². The fraction of sp³-hybridized carbons (Fsp3) is 0.423. The first-order chi connectivity index (χ1) is 16.9. The second-order valence-electron chi connectivity index (χ2n) is 8.76. The summed E-state index contributed by atoms with van der Waals surface area (Å²) in [5, 5.41) is 13.1. The molecule has 9 heteroatoms. The standard InChI is InChI=1S/C26H30F3N3O3/c1-16-22(35-14-11-30-10-2-9-27)6-4-20(29)24(16)26-25-18(7-12-32(26)13-8-23(33)34)19-15-17(28)3-5-21(19)31-25/h3-6,15,26,30-31H,2,7-14H2,1H3,(H,33,34). The SMILES string of the molecule is Cc1c(OCCNCCCF)ccc(F)c1C1c2[nH]c3ccc(F)cc3c2CCN1CCC(=O)O. The quantitative estimate of drug-likeness (QED) is 0.346. The Kier molecular flexibility index (Phi) is 7.97. The zero-order chi connectivity index (χ0) is 24.9. The van der Waals surface area contributed by atoms with Crippen molar-refractivity contribution in [3.05, 3.63) is 64.4 Å². The molecule has 35 heavy (non-hydrogen) atoms. The minimum atomic E-state index is -0.928. The third kappa shape index (κ3) is 5.46. The number of halogens is 3. The Morgan fingerprint density at radius 1 is 1.26 bits per heavy atom. The minimum Gasteiger partial charge on any atom is -0.492 e. The van der Waals surface area contributed by atoms with Gasteiger partial charge in [0.2, 0.25) is 0 Å². The third-order valence-corrected chi connectivity index (χ3v) is 6.51. The molecule has 1 unspecified atom stereocenters. The Morgan fingerprint density at radius 2 is 2.09 bits per heavy atom. The summed E-state index contributed by atoms with van der Waals surface area (Å²) in [6.45, 7) is 3.58. The van der Waals surface area contributed by atoms with Crippen molar-refractivity contribution in [3.63, 3.8) is 0 Å². The average Bonchev–Trinajstić information content (AvgIpc) is 3.19. The van der Waals surface area contributed by atoms with E-state index in [0.717, 1.165) is 22.2 Å². The van der Waals surface area contributed by atoms with Crippen LogP contribution in [-0.4, -0.2) is 60.4 Å². The minimum absolute atomic E-state index is 0.0813. The topological polar surface area (TPSA) is 77.6 Å². The van der Waals surface area contributed by atoms with Crippen LogP contribution in [0.15, 0.2) is 30.3 Å². The number of hydrogen-bond acceptors (Lipinski definition) is 4. The highest BCUT2D eigenvalue weighted by Gasteiger charge is 2.35. The first-order valence-corrected chi connectivity index (χ1v) is 11.8. The number of H-pyrrole nitrogens is 1. The van der Waals surface area contributed by atoms with E-state index >= 15 is 4.39 Å². The predicted octanol–water partition coefficient (Wildman–Crippen LogP) is 4.50. The van der Waals surface area contributed by atoms with E-state index in [1.807, 2.05) is 4.90 Å². The van der Waals surface area contributed by atoms with Gasteiger partial charge in [-0.25, -0.2) is 8.78 Å². The van der Waals surface area contributed by atoms with Crippen LogP contribution in [0.5, 0.6) is 5.75 Å². The van der Waals surface area contributed by atoms with Crippen LogP contribution in [0.2, 0.25) is 0 Å². The number of hydrogen-bond donors (Lipinski definition) is 3. The van der Waals surface area contributed by atoms with Crippen molar-refractivity contribution in [2.24, 2.45) is 0 Å². The number of benzene rings is 2. The Morgan fingerprint density at radius 3 is 2.86 bits per heavy atom. The second-order valence-corrected chi connectivity index (χ2v) is 8.76. The van der Waals surface area contributed by atoms with E-state index in [1.165, 1.54) is 18.2 Å². The van der Waals surface area contributed by atoms with Crippen LogP contribution in [0.3, 0.4) is 0 Å². The number of aromatic amines is 1. The largest absolute Gasteiger partial charge is 0.492 e. The number of aliphatic carboxylic acids is 1. The van der Waals surface area contributed by atoms with Crippen LogP contribution < -0.4 is 10.1 Å². The Bertz CT molecular complexity index is 1200. The van der Waals surface area contributed by atoms with E-state index in [9.17, 15) is 18.7 Å². The molecule has 0 amide bonds. The van der Waals surface area contributed by atoms with Gasteiger partial charge in [-0.2, -0.15) is 0 Å². The van der Waals surface area contributed by atoms with Crippen molar-refractivity contribution in [1.29, 1.82) is 0 Å². The molecule has 1 aliphatic rings. The first kappa shape index (κ1) is 25.1. The average molecular weight is 490 g/mol. The Hall–Kier alpha value is -3.04. The van der Waals surface area contributed by atoms with Crippen LogP contribution in [0.4, 0.5) is 13.2 Å². The van der Waals surface area contributed by atoms with Crippen molar-refractivity contribution < 1.29 is 27.8 Å². The van der Waals surface area contributed by atoms with Gasteiger partial charge in [0.05, 0.1) is 19.1 Å². The van der Waals surface area contributed by atoms with Crippen molar-refractivity contribution in [2.45, 2.75) is 32.2 Å². The summed E-state index contributed by atoms with van der Waals surface area (Å²) in [6.07, 6.45) is 0.947. The van der Waals surface area contributed by atoms with Gasteiger partial charge >= 0.3 is 5.97 Å². The van der Waals surface area contributed by atoms with E-state index in [2.05, 4.69) is 10.3 Å². The highest BCUT2D eigenvalue weighted by Crippen LogP contribution is 2.42. The van der Waals surface area contributed by atoms with Gasteiger partial charge in [-0.05, 0) is 67.8 Å². The van der Waals surface area contributed by atoms with E-state index in [0.29, 0.717) is 56.0 Å². The summed E-state index contributed by atoms with van der Waals surface area (Å²) >= 11 is 0. The lowest BCUT2D eigenvalue weighted by molar-refractivity contribution is -0.137. The lowest BCUT2D eigenvalue weighted by atomic mass is 9.89. The van der Waals surface area contributed by atoms with Crippen molar-refractivity contribution in [1.82, 2.24) is 15.2 Å². The molecule has 4 rings (SSSR count). The molecule has 0 spiro atoms. The molecule has 0 radical (unpaired) electrons. The summed E-state index contributed by atoms with van der Waals surface area (Å²) in [6, 6.07) is 6.90. The number of ether oxygens (including phenoxy) is 1.